The summed E-state index contributed by atoms with van der Waals surface area (Å²) in [6.45, 7) is 4.71. The van der Waals surface area contributed by atoms with E-state index in [0.717, 1.165) is 30.0 Å². The third-order valence-corrected chi connectivity index (χ3v) is 5.19. The molecule has 1 atom stereocenters. The molecule has 0 saturated carbocycles. The quantitative estimate of drug-likeness (QED) is 0.669. The van der Waals surface area contributed by atoms with E-state index in [-0.39, 0.29) is 11.7 Å². The molecular formula is C22H24N4O2. The molecular weight excluding hydrogens is 352 g/mol. The second kappa shape index (κ2) is 8.32. The van der Waals surface area contributed by atoms with Crippen molar-refractivity contribution in [2.75, 3.05) is 25.0 Å². The molecule has 6 nitrogen and oxygen atoms in total. The highest BCUT2D eigenvalue weighted by molar-refractivity contribution is 5.59. The number of nitrogens with zero attached hydrogens (tertiary/aromatic N) is 3. The summed E-state index contributed by atoms with van der Waals surface area (Å²) in [6.07, 6.45) is 5.37. The Balaban J connectivity index is 1.54. The van der Waals surface area contributed by atoms with Crippen LogP contribution in [0.4, 0.5) is 5.88 Å². The summed E-state index contributed by atoms with van der Waals surface area (Å²) in [5, 5.41) is 12.8. The number of benzene rings is 1. The van der Waals surface area contributed by atoms with Gasteiger partial charge in [-0.3, -0.25) is 4.90 Å². The van der Waals surface area contributed by atoms with E-state index >= 15 is 0 Å². The fourth-order valence-corrected chi connectivity index (χ4v) is 3.65. The van der Waals surface area contributed by atoms with Crippen LogP contribution >= 0.6 is 0 Å². The van der Waals surface area contributed by atoms with Gasteiger partial charge in [0.1, 0.15) is 11.8 Å². The van der Waals surface area contributed by atoms with Crippen molar-refractivity contribution in [2.45, 2.75) is 32.2 Å². The lowest BCUT2D eigenvalue weighted by Gasteiger charge is -2.33. The lowest BCUT2D eigenvalue weighted by Crippen LogP contribution is -2.37. The maximum atomic E-state index is 9.48. The van der Waals surface area contributed by atoms with Gasteiger partial charge < -0.3 is 14.2 Å². The van der Waals surface area contributed by atoms with Gasteiger partial charge in [-0.25, -0.2) is 0 Å². The first kappa shape index (κ1) is 18.3. The minimum Gasteiger partial charge on any atom is -0.468 e. The normalized spacial score (nSPS) is 15.9. The van der Waals surface area contributed by atoms with E-state index in [1.54, 1.807) is 6.26 Å². The zero-order valence-corrected chi connectivity index (χ0v) is 16.0. The average molecular weight is 376 g/mol. The van der Waals surface area contributed by atoms with Crippen molar-refractivity contribution in [3.63, 3.8) is 0 Å². The smallest absolute Gasteiger partial charge is 0.232 e. The van der Waals surface area contributed by atoms with Gasteiger partial charge >= 0.3 is 0 Å². The number of hydrogen-bond donors (Lipinski definition) is 1. The predicted octanol–water partition coefficient (Wildman–Crippen LogP) is 4.75. The van der Waals surface area contributed by atoms with E-state index in [1.165, 1.54) is 19.3 Å². The summed E-state index contributed by atoms with van der Waals surface area (Å²) >= 11 is 0. The Morgan fingerprint density at radius 2 is 1.96 bits per heavy atom. The number of nitrogens with one attached hydrogen (secondary N) is 1. The second-order valence-electron chi connectivity index (χ2n) is 7.18. The minimum atomic E-state index is 0.0924. The molecule has 28 heavy (non-hydrogen) atoms. The van der Waals surface area contributed by atoms with Gasteiger partial charge in [0.15, 0.2) is 0 Å². The fourth-order valence-electron chi connectivity index (χ4n) is 3.65. The van der Waals surface area contributed by atoms with Gasteiger partial charge in [0.2, 0.25) is 17.5 Å². The molecule has 6 heteroatoms. The predicted molar refractivity (Wildman–Crippen MR) is 107 cm³/mol. The lowest BCUT2D eigenvalue weighted by atomic mass is 10.1. The molecule has 1 fully saturated rings. The molecule has 0 aliphatic carbocycles. The van der Waals surface area contributed by atoms with Crippen molar-refractivity contribution >= 4 is 5.88 Å². The van der Waals surface area contributed by atoms with Crippen LogP contribution in [0.3, 0.4) is 0 Å². The topological polar surface area (TPSA) is 78.2 Å². The van der Waals surface area contributed by atoms with Gasteiger partial charge in [0.05, 0.1) is 12.3 Å². The molecule has 1 N–H and O–H groups in total. The maximum Gasteiger partial charge on any atom is 0.232 e. The molecule has 1 saturated heterocycles. The highest BCUT2D eigenvalue weighted by Gasteiger charge is 2.25. The van der Waals surface area contributed by atoms with E-state index in [1.807, 2.05) is 43.3 Å². The first-order chi connectivity index (χ1) is 13.7. The molecule has 144 valence electrons. The Hall–Kier alpha value is -3.04. The maximum absolute atomic E-state index is 9.48. The number of hydrogen-bond acceptors (Lipinski definition) is 6. The van der Waals surface area contributed by atoms with Gasteiger partial charge in [-0.05, 0) is 57.1 Å². The van der Waals surface area contributed by atoms with Crippen molar-refractivity contribution in [3.05, 3.63) is 59.7 Å². The molecule has 1 aromatic carbocycles. The average Bonchev–Trinajstić information content (AvgIpc) is 3.40. The van der Waals surface area contributed by atoms with Crippen molar-refractivity contribution in [1.82, 2.24) is 9.88 Å². The van der Waals surface area contributed by atoms with Crippen molar-refractivity contribution in [2.24, 2.45) is 0 Å². The third-order valence-electron chi connectivity index (χ3n) is 5.19. The van der Waals surface area contributed by atoms with E-state index in [0.29, 0.717) is 18.3 Å². The summed E-state index contributed by atoms with van der Waals surface area (Å²) in [4.78, 5) is 6.78. The van der Waals surface area contributed by atoms with Crippen LogP contribution < -0.4 is 5.32 Å². The van der Waals surface area contributed by atoms with Crippen molar-refractivity contribution in [3.8, 4) is 17.5 Å². The number of piperidine rings is 1. The van der Waals surface area contributed by atoms with Gasteiger partial charge in [-0.2, -0.15) is 10.2 Å². The SMILES string of the molecule is Cc1ccc(-c2nc(C#N)c(NC[C@@H](c3ccco3)N3CCCCC3)o2)cc1. The lowest BCUT2D eigenvalue weighted by molar-refractivity contribution is 0.152. The van der Waals surface area contributed by atoms with Gasteiger partial charge in [0.25, 0.3) is 0 Å². The number of nitriles is 1. The molecule has 3 aromatic rings. The molecule has 4 rings (SSSR count). The first-order valence-electron chi connectivity index (χ1n) is 9.74. The molecule has 2 aromatic heterocycles. The Kier molecular flexibility index (Phi) is 5.45. The van der Waals surface area contributed by atoms with E-state index < -0.39 is 0 Å². The Morgan fingerprint density at radius 3 is 2.64 bits per heavy atom. The zero-order valence-electron chi connectivity index (χ0n) is 16.0. The Labute approximate surface area is 164 Å². The summed E-state index contributed by atoms with van der Waals surface area (Å²) in [7, 11) is 0. The van der Waals surface area contributed by atoms with Crippen LogP contribution in [-0.2, 0) is 0 Å². The summed E-state index contributed by atoms with van der Waals surface area (Å²) < 4.78 is 11.6. The first-order valence-corrected chi connectivity index (χ1v) is 9.74. The fraction of sp³-hybridized carbons (Fsp3) is 0.364. The number of anilines is 1. The zero-order chi connectivity index (χ0) is 19.3. The van der Waals surface area contributed by atoms with Gasteiger partial charge in [0, 0.05) is 12.1 Å². The molecule has 0 amide bonds. The van der Waals surface area contributed by atoms with Crippen LogP contribution in [0.1, 0.15) is 42.3 Å². The van der Waals surface area contributed by atoms with Crippen molar-refractivity contribution in [1.29, 1.82) is 5.26 Å². The summed E-state index contributed by atoms with van der Waals surface area (Å²) in [5.74, 6) is 1.78. The number of aromatic nitrogens is 1. The number of furan rings is 1. The molecule has 0 spiro atoms. The Morgan fingerprint density at radius 1 is 1.18 bits per heavy atom. The highest BCUT2D eigenvalue weighted by atomic mass is 16.4. The number of oxazole rings is 1. The van der Waals surface area contributed by atoms with Crippen LogP contribution in [0.2, 0.25) is 0 Å². The van der Waals surface area contributed by atoms with Gasteiger partial charge in [-0.15, -0.1) is 0 Å². The van der Waals surface area contributed by atoms with E-state index in [4.69, 9.17) is 8.83 Å². The van der Waals surface area contributed by atoms with Crippen LogP contribution in [0.5, 0.6) is 0 Å². The van der Waals surface area contributed by atoms with Crippen molar-refractivity contribution < 1.29 is 8.83 Å². The number of likely N-dealkylation sites (tertiary alicyclic amines) is 1. The molecule has 0 bridgehead atoms. The summed E-state index contributed by atoms with van der Waals surface area (Å²) in [5.41, 5.74) is 2.29. The monoisotopic (exact) mass is 376 g/mol. The number of rotatable bonds is 6. The minimum absolute atomic E-state index is 0.0924. The van der Waals surface area contributed by atoms with E-state index in [2.05, 4.69) is 21.3 Å². The van der Waals surface area contributed by atoms with Crippen LogP contribution in [0, 0.1) is 18.3 Å². The van der Waals surface area contributed by atoms with Crippen LogP contribution in [-0.4, -0.2) is 29.5 Å². The Bertz CT molecular complexity index is 932. The summed E-state index contributed by atoms with van der Waals surface area (Å²) in [6, 6.07) is 14.0. The number of aryl methyl sites for hydroxylation is 1. The molecule has 0 unspecified atom stereocenters. The van der Waals surface area contributed by atoms with Crippen LogP contribution in [0.25, 0.3) is 11.5 Å². The molecule has 1 aliphatic rings. The van der Waals surface area contributed by atoms with E-state index in [9.17, 15) is 5.26 Å². The standard InChI is InChI=1S/C22H24N4O2/c1-16-7-9-17(10-8-16)21-25-18(14-23)22(28-21)24-15-19(20-6-5-13-27-20)26-11-3-2-4-12-26/h5-10,13,19,24H,2-4,11-12,15H2,1H3/t19-/m0/s1. The molecule has 0 radical (unpaired) electrons. The van der Waals surface area contributed by atoms with Gasteiger partial charge in [-0.1, -0.05) is 24.1 Å². The second-order valence-corrected chi connectivity index (χ2v) is 7.18. The molecule has 3 heterocycles. The largest absolute Gasteiger partial charge is 0.468 e. The van der Waals surface area contributed by atoms with Crippen LogP contribution in [0.15, 0.2) is 51.5 Å². The molecule has 1 aliphatic heterocycles. The third kappa shape index (κ3) is 3.95. The highest BCUT2D eigenvalue weighted by Crippen LogP contribution is 2.29.